The van der Waals surface area contributed by atoms with Crippen LogP contribution in [0.15, 0.2) is 4.52 Å². The van der Waals surface area contributed by atoms with Gasteiger partial charge >= 0.3 is 0 Å². The van der Waals surface area contributed by atoms with Gasteiger partial charge in [0.1, 0.15) is 5.60 Å². The van der Waals surface area contributed by atoms with E-state index in [4.69, 9.17) is 15.0 Å². The van der Waals surface area contributed by atoms with Gasteiger partial charge < -0.3 is 15.0 Å². The second kappa shape index (κ2) is 6.22. The largest absolute Gasteiger partial charge is 0.367 e. The van der Waals surface area contributed by atoms with Crippen molar-refractivity contribution in [2.24, 2.45) is 11.7 Å². The highest BCUT2D eigenvalue weighted by molar-refractivity contribution is 5.06. The van der Waals surface area contributed by atoms with Gasteiger partial charge in [0.15, 0.2) is 0 Å². The maximum absolute atomic E-state index is 6.04. The molecule has 0 aliphatic heterocycles. The Labute approximate surface area is 121 Å². The van der Waals surface area contributed by atoms with E-state index in [1.165, 1.54) is 0 Å². The molecule has 2 N–H and O–H groups in total. The Balaban J connectivity index is 2.22. The number of hydrogen-bond acceptors (Lipinski definition) is 5. The summed E-state index contributed by atoms with van der Waals surface area (Å²) in [5, 5.41) is 4.19. The van der Waals surface area contributed by atoms with Crippen LogP contribution in [0.3, 0.4) is 0 Å². The molecule has 0 saturated heterocycles. The monoisotopic (exact) mass is 281 g/mol. The minimum Gasteiger partial charge on any atom is -0.367 e. The van der Waals surface area contributed by atoms with Crippen molar-refractivity contribution in [1.82, 2.24) is 10.1 Å². The molecular weight excluding hydrogens is 254 g/mol. The van der Waals surface area contributed by atoms with Crippen LogP contribution in [0.1, 0.15) is 71.0 Å². The predicted molar refractivity (Wildman–Crippen MR) is 77.3 cm³/mol. The highest BCUT2D eigenvalue weighted by Crippen LogP contribution is 2.41. The molecular formula is C15H27N3O2. The minimum atomic E-state index is -0.361. The third-order valence-electron chi connectivity index (χ3n) is 4.53. The van der Waals surface area contributed by atoms with Crippen LogP contribution in [0.25, 0.3) is 0 Å². The lowest BCUT2D eigenvalue weighted by Gasteiger charge is -2.36. The molecule has 5 nitrogen and oxygen atoms in total. The first-order chi connectivity index (χ1) is 9.48. The predicted octanol–water partition coefficient (Wildman–Crippen LogP) is 2.96. The average molecular weight is 281 g/mol. The Morgan fingerprint density at radius 1 is 1.40 bits per heavy atom. The molecule has 0 bridgehead atoms. The summed E-state index contributed by atoms with van der Waals surface area (Å²) < 4.78 is 11.5. The van der Waals surface area contributed by atoms with E-state index >= 15 is 0 Å². The van der Waals surface area contributed by atoms with Gasteiger partial charge in [-0.2, -0.15) is 4.98 Å². The van der Waals surface area contributed by atoms with E-state index in [2.05, 4.69) is 17.1 Å². The number of ether oxygens (including phenoxy) is 1. The summed E-state index contributed by atoms with van der Waals surface area (Å²) in [6.07, 6.45) is 4.22. The summed E-state index contributed by atoms with van der Waals surface area (Å²) >= 11 is 0. The summed E-state index contributed by atoms with van der Waals surface area (Å²) in [5.74, 6) is 2.14. The first-order valence-electron chi connectivity index (χ1n) is 7.72. The quantitative estimate of drug-likeness (QED) is 0.898. The van der Waals surface area contributed by atoms with Crippen molar-refractivity contribution >= 4 is 0 Å². The molecule has 0 amide bonds. The van der Waals surface area contributed by atoms with E-state index in [1.54, 1.807) is 0 Å². The molecule has 2 rings (SSSR count). The van der Waals surface area contributed by atoms with Crippen LogP contribution in [-0.2, 0) is 10.3 Å². The summed E-state index contributed by atoms with van der Waals surface area (Å²) in [5.41, 5.74) is 5.55. The summed E-state index contributed by atoms with van der Waals surface area (Å²) in [4.78, 5) is 4.59. The first-order valence-corrected chi connectivity index (χ1v) is 7.72. The molecule has 1 aromatic rings. The molecule has 2 unspecified atom stereocenters. The van der Waals surface area contributed by atoms with Gasteiger partial charge in [0.05, 0.1) is 5.92 Å². The maximum atomic E-state index is 6.04. The summed E-state index contributed by atoms with van der Waals surface area (Å²) in [7, 11) is 0. The van der Waals surface area contributed by atoms with Crippen LogP contribution in [0.5, 0.6) is 0 Å². The van der Waals surface area contributed by atoms with Crippen LogP contribution in [0.2, 0.25) is 0 Å². The lowest BCUT2D eigenvalue weighted by molar-refractivity contribution is -0.0847. The fourth-order valence-electron chi connectivity index (χ4n) is 2.77. The first kappa shape index (κ1) is 15.4. The van der Waals surface area contributed by atoms with E-state index in [0.717, 1.165) is 31.6 Å². The smallest absolute Gasteiger partial charge is 0.231 e. The Bertz CT molecular complexity index is 423. The molecule has 1 aliphatic rings. The Morgan fingerprint density at radius 2 is 2.05 bits per heavy atom. The maximum Gasteiger partial charge on any atom is 0.231 e. The molecule has 1 saturated carbocycles. The summed E-state index contributed by atoms with van der Waals surface area (Å²) in [6, 6.07) is -0.00211. The average Bonchev–Trinajstić information content (AvgIpc) is 2.91. The fourth-order valence-corrected chi connectivity index (χ4v) is 2.77. The normalized spacial score (nSPS) is 30.1. The molecule has 0 radical (unpaired) electrons. The van der Waals surface area contributed by atoms with Gasteiger partial charge in [-0.3, -0.25) is 0 Å². The van der Waals surface area contributed by atoms with Crippen molar-refractivity contribution in [3.63, 3.8) is 0 Å². The number of nitrogens with zero attached hydrogens (tertiary/aromatic N) is 2. The number of hydrogen-bond donors (Lipinski definition) is 1. The molecule has 5 heteroatoms. The molecule has 1 aliphatic carbocycles. The third-order valence-corrected chi connectivity index (χ3v) is 4.53. The van der Waals surface area contributed by atoms with Crippen LogP contribution >= 0.6 is 0 Å². The zero-order valence-corrected chi connectivity index (χ0v) is 13.1. The van der Waals surface area contributed by atoms with Gasteiger partial charge in [-0.15, -0.1) is 0 Å². The fraction of sp³-hybridized carbons (Fsp3) is 0.867. The highest BCUT2D eigenvalue weighted by Gasteiger charge is 2.41. The second-order valence-corrected chi connectivity index (χ2v) is 6.21. The van der Waals surface area contributed by atoms with E-state index < -0.39 is 0 Å². The number of nitrogens with two attached hydrogens (primary N) is 1. The van der Waals surface area contributed by atoms with Crippen molar-refractivity contribution in [2.45, 2.75) is 70.9 Å². The second-order valence-electron chi connectivity index (χ2n) is 6.21. The molecule has 0 aromatic carbocycles. The standard InChI is InChI=1S/C15H27N3O2/c1-5-19-15(8-6-10(2)7-9-15)14-17-13(20-18-14)11(3)12(4)16/h10-12H,5-9,16H2,1-4H3. The van der Waals surface area contributed by atoms with Gasteiger partial charge in [-0.25, -0.2) is 0 Å². The van der Waals surface area contributed by atoms with Crippen molar-refractivity contribution in [2.75, 3.05) is 6.61 Å². The zero-order valence-electron chi connectivity index (χ0n) is 13.1. The van der Waals surface area contributed by atoms with Gasteiger partial charge in [-0.05, 0) is 45.4 Å². The third kappa shape index (κ3) is 3.04. The van der Waals surface area contributed by atoms with Gasteiger partial charge in [0.2, 0.25) is 11.7 Å². The topological polar surface area (TPSA) is 74.2 Å². The van der Waals surface area contributed by atoms with Crippen LogP contribution < -0.4 is 5.73 Å². The van der Waals surface area contributed by atoms with Crippen molar-refractivity contribution in [3.8, 4) is 0 Å². The Morgan fingerprint density at radius 3 is 2.60 bits per heavy atom. The molecule has 1 aromatic heterocycles. The zero-order chi connectivity index (χ0) is 14.8. The van der Waals surface area contributed by atoms with Crippen LogP contribution in [-0.4, -0.2) is 22.8 Å². The SMILES string of the molecule is CCOC1(c2noc(C(C)C(C)N)n2)CCC(C)CC1. The van der Waals surface area contributed by atoms with E-state index in [9.17, 15) is 0 Å². The van der Waals surface area contributed by atoms with Gasteiger partial charge in [0.25, 0.3) is 0 Å². The van der Waals surface area contributed by atoms with Gasteiger partial charge in [0, 0.05) is 12.6 Å². The van der Waals surface area contributed by atoms with Gasteiger partial charge in [-0.1, -0.05) is 19.0 Å². The lowest BCUT2D eigenvalue weighted by Crippen LogP contribution is -2.35. The molecule has 1 fully saturated rings. The Hall–Kier alpha value is -0.940. The number of rotatable bonds is 5. The summed E-state index contributed by atoms with van der Waals surface area (Å²) in [6.45, 7) is 8.94. The molecule has 20 heavy (non-hydrogen) atoms. The van der Waals surface area contributed by atoms with E-state index in [-0.39, 0.29) is 17.6 Å². The number of aromatic nitrogens is 2. The molecule has 114 valence electrons. The lowest BCUT2D eigenvalue weighted by atomic mass is 9.79. The van der Waals surface area contributed by atoms with E-state index in [0.29, 0.717) is 18.3 Å². The van der Waals surface area contributed by atoms with Crippen molar-refractivity contribution < 1.29 is 9.26 Å². The van der Waals surface area contributed by atoms with Crippen LogP contribution in [0.4, 0.5) is 0 Å². The highest BCUT2D eigenvalue weighted by atomic mass is 16.5. The minimum absolute atomic E-state index is 0.00211. The molecule has 0 spiro atoms. The van der Waals surface area contributed by atoms with Crippen molar-refractivity contribution in [3.05, 3.63) is 11.7 Å². The van der Waals surface area contributed by atoms with Crippen LogP contribution in [0, 0.1) is 5.92 Å². The molecule has 1 heterocycles. The molecule has 2 atom stereocenters. The van der Waals surface area contributed by atoms with E-state index in [1.807, 2.05) is 20.8 Å². The Kier molecular flexibility index (Phi) is 4.81. The van der Waals surface area contributed by atoms with Crippen molar-refractivity contribution in [1.29, 1.82) is 0 Å².